The van der Waals surface area contributed by atoms with E-state index in [9.17, 15) is 14.4 Å². The Hall–Kier alpha value is -2.60. The Kier molecular flexibility index (Phi) is 5.85. The quantitative estimate of drug-likeness (QED) is 0.528. The van der Waals surface area contributed by atoms with E-state index >= 15 is 0 Å². The van der Waals surface area contributed by atoms with Crippen LogP contribution in [0.3, 0.4) is 0 Å². The maximum atomic E-state index is 13.4. The topological polar surface area (TPSA) is 68.6 Å². The van der Waals surface area contributed by atoms with Crippen LogP contribution in [0.2, 0.25) is 5.02 Å². The van der Waals surface area contributed by atoms with Crippen molar-refractivity contribution < 1.29 is 19.1 Å². The molecule has 0 unspecified atom stereocenters. The van der Waals surface area contributed by atoms with Gasteiger partial charge in [-0.2, -0.15) is 0 Å². The molecule has 29 heavy (non-hydrogen) atoms. The average Bonchev–Trinajstić information content (AvgIpc) is 3.49. The number of methoxy groups -OCH3 is 1. The number of hydrogen-bond donors (Lipinski definition) is 0. The minimum Gasteiger partial charge on any atom is -0.464 e. The molecule has 1 atom stereocenters. The Labute approximate surface area is 175 Å². The maximum absolute atomic E-state index is 13.4. The summed E-state index contributed by atoms with van der Waals surface area (Å²) in [6.45, 7) is 5.28. The lowest BCUT2D eigenvalue weighted by atomic mass is 9.99. The van der Waals surface area contributed by atoms with E-state index in [0.29, 0.717) is 33.1 Å². The number of hydrogen-bond acceptors (Lipinski definition) is 4. The maximum Gasteiger partial charge on any atom is 0.354 e. The predicted molar refractivity (Wildman–Crippen MR) is 111 cm³/mol. The molecule has 1 aliphatic carbocycles. The van der Waals surface area contributed by atoms with Crippen molar-refractivity contribution in [2.45, 2.75) is 45.7 Å². The fourth-order valence-electron chi connectivity index (χ4n) is 3.81. The van der Waals surface area contributed by atoms with E-state index in [2.05, 4.69) is 0 Å². The molecular weight excluding hydrogens is 392 g/mol. The number of aromatic nitrogens is 1. The molecule has 1 aromatic carbocycles. The molecule has 1 saturated carbocycles. The number of halogens is 1. The van der Waals surface area contributed by atoms with Crippen molar-refractivity contribution in [1.82, 2.24) is 9.47 Å². The van der Waals surface area contributed by atoms with Gasteiger partial charge in [0.1, 0.15) is 5.69 Å². The molecule has 0 spiro atoms. The lowest BCUT2D eigenvalue weighted by Crippen LogP contribution is -2.45. The van der Waals surface area contributed by atoms with Crippen molar-refractivity contribution >= 4 is 29.3 Å². The highest BCUT2D eigenvalue weighted by Crippen LogP contribution is 2.33. The first-order valence-corrected chi connectivity index (χ1v) is 9.93. The van der Waals surface area contributed by atoms with Crippen molar-refractivity contribution in [1.29, 1.82) is 0 Å². The third-order valence-corrected chi connectivity index (χ3v) is 5.87. The van der Waals surface area contributed by atoms with Crippen LogP contribution in [0.15, 0.2) is 24.3 Å². The SMILES string of the molecule is COC(=O)c1c(C)c(C(=O)[C@@H](C)N(C(=O)c2ccc(Cl)cc2)C2CC2)c(C)n1C. The molecule has 1 fully saturated rings. The lowest BCUT2D eigenvalue weighted by Gasteiger charge is -2.29. The summed E-state index contributed by atoms with van der Waals surface area (Å²) in [5.41, 5.74) is 2.56. The van der Waals surface area contributed by atoms with Crippen LogP contribution in [0.5, 0.6) is 0 Å². The highest BCUT2D eigenvalue weighted by Gasteiger charge is 2.40. The largest absolute Gasteiger partial charge is 0.464 e. The molecule has 6 nitrogen and oxygen atoms in total. The third-order valence-electron chi connectivity index (χ3n) is 5.62. The van der Waals surface area contributed by atoms with Crippen molar-refractivity contribution in [3.8, 4) is 0 Å². The number of benzene rings is 1. The Morgan fingerprint density at radius 1 is 1.17 bits per heavy atom. The summed E-state index contributed by atoms with van der Waals surface area (Å²) in [6.07, 6.45) is 1.74. The van der Waals surface area contributed by atoms with Crippen molar-refractivity contribution in [2.24, 2.45) is 7.05 Å². The van der Waals surface area contributed by atoms with E-state index in [4.69, 9.17) is 16.3 Å². The minimum atomic E-state index is -0.657. The molecule has 0 bridgehead atoms. The summed E-state index contributed by atoms with van der Waals surface area (Å²) in [4.78, 5) is 40.4. The number of nitrogens with zero attached hydrogens (tertiary/aromatic N) is 2. The summed E-state index contributed by atoms with van der Waals surface area (Å²) < 4.78 is 6.53. The predicted octanol–water partition coefficient (Wildman–Crippen LogP) is 3.96. The van der Waals surface area contributed by atoms with Crippen molar-refractivity contribution in [3.63, 3.8) is 0 Å². The second-order valence-corrected chi connectivity index (χ2v) is 7.91. The molecule has 154 valence electrons. The van der Waals surface area contributed by atoms with Gasteiger partial charge in [0.15, 0.2) is 5.78 Å². The van der Waals surface area contributed by atoms with Gasteiger partial charge in [0.05, 0.1) is 13.2 Å². The molecule has 0 radical (unpaired) electrons. The molecule has 1 aromatic heterocycles. The zero-order chi connectivity index (χ0) is 21.5. The Morgan fingerprint density at radius 2 is 1.76 bits per heavy atom. The molecule has 0 aliphatic heterocycles. The van der Waals surface area contributed by atoms with E-state index in [-0.39, 0.29) is 17.7 Å². The molecule has 2 aromatic rings. The standard InChI is InChI=1S/C22H25ClN2O4/c1-12-18(13(2)24(4)19(12)22(28)29-5)20(26)14(3)25(17-10-11-17)21(27)15-6-8-16(23)9-7-15/h6-9,14,17H,10-11H2,1-5H3/t14-/m1/s1. The van der Waals surface area contributed by atoms with Crippen LogP contribution < -0.4 is 0 Å². The van der Waals surface area contributed by atoms with E-state index in [1.165, 1.54) is 7.11 Å². The lowest BCUT2D eigenvalue weighted by molar-refractivity contribution is 0.0587. The highest BCUT2D eigenvalue weighted by atomic mass is 35.5. The minimum absolute atomic E-state index is 0.0431. The van der Waals surface area contributed by atoms with Gasteiger partial charge in [-0.1, -0.05) is 11.6 Å². The van der Waals surface area contributed by atoms with Crippen LogP contribution in [0.4, 0.5) is 0 Å². The fraction of sp³-hybridized carbons (Fsp3) is 0.409. The first-order valence-electron chi connectivity index (χ1n) is 9.55. The fourth-order valence-corrected chi connectivity index (χ4v) is 3.94. The number of carbonyl (C=O) groups excluding carboxylic acids is 3. The first kappa shape index (κ1) is 21.1. The summed E-state index contributed by atoms with van der Waals surface area (Å²) >= 11 is 5.93. The van der Waals surface area contributed by atoms with Gasteiger partial charge in [0.2, 0.25) is 0 Å². The second-order valence-electron chi connectivity index (χ2n) is 7.48. The number of esters is 1. The number of carbonyl (C=O) groups is 3. The number of rotatable bonds is 6. The monoisotopic (exact) mass is 416 g/mol. The van der Waals surface area contributed by atoms with Crippen LogP contribution in [-0.2, 0) is 11.8 Å². The normalized spacial score (nSPS) is 14.4. The number of Topliss-reactive ketones (excluding diaryl/α,β-unsaturated/α-hetero) is 1. The van der Waals surface area contributed by atoms with Gasteiger partial charge in [-0.25, -0.2) is 4.79 Å². The van der Waals surface area contributed by atoms with Crippen molar-refractivity contribution in [3.05, 3.63) is 57.4 Å². The average molecular weight is 417 g/mol. The summed E-state index contributed by atoms with van der Waals surface area (Å²) in [5.74, 6) is -0.861. The van der Waals surface area contributed by atoms with Crippen LogP contribution in [0, 0.1) is 13.8 Å². The van der Waals surface area contributed by atoms with E-state index in [1.54, 1.807) is 61.6 Å². The highest BCUT2D eigenvalue weighted by molar-refractivity contribution is 6.30. The van der Waals surface area contributed by atoms with Crippen LogP contribution in [0.25, 0.3) is 0 Å². The van der Waals surface area contributed by atoms with E-state index in [0.717, 1.165) is 12.8 Å². The Bertz CT molecular complexity index is 974. The molecule has 0 saturated heterocycles. The van der Waals surface area contributed by atoms with Gasteiger partial charge in [0, 0.05) is 34.9 Å². The summed E-state index contributed by atoms with van der Waals surface area (Å²) in [6, 6.07) is 6.07. The zero-order valence-electron chi connectivity index (χ0n) is 17.3. The number of ketones is 1. The summed E-state index contributed by atoms with van der Waals surface area (Å²) in [7, 11) is 3.04. The number of ether oxygens (including phenoxy) is 1. The van der Waals surface area contributed by atoms with Gasteiger partial charge in [-0.05, 0) is 63.4 Å². The molecule has 1 amide bonds. The number of amides is 1. The third kappa shape index (κ3) is 3.81. The smallest absolute Gasteiger partial charge is 0.354 e. The van der Waals surface area contributed by atoms with Crippen LogP contribution in [-0.4, -0.2) is 46.3 Å². The first-order chi connectivity index (χ1) is 13.7. The summed E-state index contributed by atoms with van der Waals surface area (Å²) in [5, 5.41) is 0.550. The zero-order valence-corrected chi connectivity index (χ0v) is 18.0. The molecule has 3 rings (SSSR count). The van der Waals surface area contributed by atoms with E-state index in [1.807, 2.05) is 0 Å². The second kappa shape index (κ2) is 8.03. The molecule has 1 aliphatic rings. The Morgan fingerprint density at radius 3 is 2.28 bits per heavy atom. The van der Waals surface area contributed by atoms with E-state index < -0.39 is 12.0 Å². The van der Waals surface area contributed by atoms with Gasteiger partial charge in [-0.15, -0.1) is 0 Å². The molecular formula is C22H25ClN2O4. The molecule has 0 N–H and O–H groups in total. The van der Waals surface area contributed by atoms with Crippen LogP contribution in [0.1, 0.15) is 62.2 Å². The van der Waals surface area contributed by atoms with Crippen LogP contribution >= 0.6 is 11.6 Å². The molecule has 7 heteroatoms. The van der Waals surface area contributed by atoms with Gasteiger partial charge < -0.3 is 14.2 Å². The molecule has 1 heterocycles. The Balaban J connectivity index is 1.97. The van der Waals surface area contributed by atoms with Gasteiger partial charge in [0.25, 0.3) is 5.91 Å². The van der Waals surface area contributed by atoms with Gasteiger partial charge in [-0.3, -0.25) is 9.59 Å². The van der Waals surface area contributed by atoms with Gasteiger partial charge >= 0.3 is 5.97 Å². The van der Waals surface area contributed by atoms with Crippen molar-refractivity contribution in [2.75, 3.05) is 7.11 Å².